The van der Waals surface area contributed by atoms with Crippen LogP contribution in [0.3, 0.4) is 0 Å². The number of sulfonamides is 1. The number of piperazine rings is 1. The van der Waals surface area contributed by atoms with Gasteiger partial charge in [0.25, 0.3) is 0 Å². The molecule has 23 heavy (non-hydrogen) atoms. The van der Waals surface area contributed by atoms with Gasteiger partial charge in [0, 0.05) is 30.7 Å². The zero-order chi connectivity index (χ0) is 16.4. The van der Waals surface area contributed by atoms with Crippen molar-refractivity contribution >= 4 is 21.6 Å². The number of nitrogens with one attached hydrogen (secondary N) is 1. The molecule has 1 atom stereocenters. The summed E-state index contributed by atoms with van der Waals surface area (Å²) in [5.41, 5.74) is 0. The summed E-state index contributed by atoms with van der Waals surface area (Å²) < 4.78 is 33.2. The fraction of sp³-hybridized carbons (Fsp3) is 0.625. The van der Waals surface area contributed by atoms with Crippen molar-refractivity contribution in [3.05, 3.63) is 23.2 Å². The first-order valence-electron chi connectivity index (χ1n) is 8.12. The van der Waals surface area contributed by atoms with E-state index in [1.54, 1.807) is 12.1 Å². The van der Waals surface area contributed by atoms with Crippen LogP contribution in [0.1, 0.15) is 26.2 Å². The molecule has 1 aromatic rings. The number of nitrogens with zero attached hydrogens (tertiary/aromatic N) is 1. The van der Waals surface area contributed by atoms with Gasteiger partial charge in [-0.05, 0) is 37.5 Å². The molecule has 0 bridgehead atoms. The maximum atomic E-state index is 13.0. The van der Waals surface area contributed by atoms with Gasteiger partial charge in [-0.15, -0.1) is 0 Å². The molecule has 1 aromatic carbocycles. The third-order valence-corrected chi connectivity index (χ3v) is 6.46. The van der Waals surface area contributed by atoms with Crippen molar-refractivity contribution < 1.29 is 13.2 Å². The molecular formula is C16H23ClN2O3S. The van der Waals surface area contributed by atoms with Crippen molar-refractivity contribution in [1.29, 1.82) is 0 Å². The van der Waals surface area contributed by atoms with Crippen molar-refractivity contribution in [3.63, 3.8) is 0 Å². The predicted molar refractivity (Wildman–Crippen MR) is 90.5 cm³/mol. The van der Waals surface area contributed by atoms with Gasteiger partial charge in [-0.1, -0.05) is 24.4 Å². The first-order valence-corrected chi connectivity index (χ1v) is 9.94. The molecule has 0 aromatic heterocycles. The lowest BCUT2D eigenvalue weighted by Crippen LogP contribution is -2.51. The maximum absolute atomic E-state index is 13.0. The number of ether oxygens (including phenoxy) is 1. The van der Waals surface area contributed by atoms with Crippen LogP contribution in [0.4, 0.5) is 0 Å². The van der Waals surface area contributed by atoms with Gasteiger partial charge in [0.2, 0.25) is 10.0 Å². The van der Waals surface area contributed by atoms with E-state index in [1.165, 1.54) is 23.2 Å². The second kappa shape index (κ2) is 6.97. The SMILES string of the molecule is C[C@@H]1CN(S(=O)(=O)c2cc(Cl)ccc2OCCC2CC2)CCN1. The third-order valence-electron chi connectivity index (χ3n) is 4.34. The fourth-order valence-electron chi connectivity index (χ4n) is 2.80. The number of hydrogen-bond acceptors (Lipinski definition) is 4. The molecule has 1 N–H and O–H groups in total. The largest absolute Gasteiger partial charge is 0.492 e. The highest BCUT2D eigenvalue weighted by Crippen LogP contribution is 2.34. The van der Waals surface area contributed by atoms with Crippen LogP contribution in [0, 0.1) is 5.92 Å². The highest BCUT2D eigenvalue weighted by atomic mass is 35.5. The van der Waals surface area contributed by atoms with Crippen LogP contribution in [-0.2, 0) is 10.0 Å². The average Bonchev–Trinajstić information content (AvgIpc) is 3.33. The minimum absolute atomic E-state index is 0.136. The Labute approximate surface area is 143 Å². The van der Waals surface area contributed by atoms with E-state index in [0.29, 0.717) is 37.0 Å². The number of benzene rings is 1. The molecule has 0 unspecified atom stereocenters. The standard InChI is InChI=1S/C16H23ClN2O3S/c1-12-11-19(8-7-18-12)23(20,21)16-10-14(17)4-5-15(16)22-9-6-13-2-3-13/h4-5,10,12-13,18H,2-3,6-9,11H2,1H3/t12-/m1/s1. The van der Waals surface area contributed by atoms with E-state index in [4.69, 9.17) is 16.3 Å². The van der Waals surface area contributed by atoms with Crippen molar-refractivity contribution in [2.24, 2.45) is 5.92 Å². The van der Waals surface area contributed by atoms with Gasteiger partial charge >= 0.3 is 0 Å². The summed E-state index contributed by atoms with van der Waals surface area (Å²) in [6.07, 6.45) is 3.49. The maximum Gasteiger partial charge on any atom is 0.246 e. The van der Waals surface area contributed by atoms with E-state index in [-0.39, 0.29) is 10.9 Å². The van der Waals surface area contributed by atoms with Crippen LogP contribution in [0.25, 0.3) is 0 Å². The van der Waals surface area contributed by atoms with Gasteiger partial charge in [-0.2, -0.15) is 4.31 Å². The normalized spacial score (nSPS) is 23.0. The molecule has 7 heteroatoms. The molecule has 5 nitrogen and oxygen atoms in total. The Morgan fingerprint density at radius 3 is 2.87 bits per heavy atom. The Morgan fingerprint density at radius 1 is 1.39 bits per heavy atom. The van der Waals surface area contributed by atoms with E-state index in [0.717, 1.165) is 12.3 Å². The van der Waals surface area contributed by atoms with E-state index in [1.807, 2.05) is 6.92 Å². The minimum atomic E-state index is -3.60. The molecule has 1 aliphatic heterocycles. The minimum Gasteiger partial charge on any atom is -0.492 e. The first-order chi connectivity index (χ1) is 11.0. The summed E-state index contributed by atoms with van der Waals surface area (Å²) in [5, 5.41) is 3.66. The molecule has 2 aliphatic rings. The lowest BCUT2D eigenvalue weighted by atomic mass is 10.3. The smallest absolute Gasteiger partial charge is 0.246 e. The van der Waals surface area contributed by atoms with Crippen LogP contribution in [0.15, 0.2) is 23.1 Å². The summed E-state index contributed by atoms with van der Waals surface area (Å²) in [5.74, 6) is 1.15. The second-order valence-electron chi connectivity index (χ2n) is 6.39. The molecule has 128 valence electrons. The van der Waals surface area contributed by atoms with Gasteiger partial charge in [0.05, 0.1) is 6.61 Å². The lowest BCUT2D eigenvalue weighted by Gasteiger charge is -2.31. The first kappa shape index (κ1) is 17.0. The zero-order valence-electron chi connectivity index (χ0n) is 13.3. The topological polar surface area (TPSA) is 58.6 Å². The van der Waals surface area contributed by atoms with Crippen molar-refractivity contribution in [2.45, 2.75) is 37.1 Å². The van der Waals surface area contributed by atoms with Crippen LogP contribution < -0.4 is 10.1 Å². The summed E-state index contributed by atoms with van der Waals surface area (Å²) in [7, 11) is -3.60. The Bertz CT molecular complexity index is 661. The van der Waals surface area contributed by atoms with Crippen molar-refractivity contribution in [3.8, 4) is 5.75 Å². The molecule has 1 aliphatic carbocycles. The van der Waals surface area contributed by atoms with Crippen molar-refractivity contribution in [2.75, 3.05) is 26.2 Å². The van der Waals surface area contributed by atoms with Gasteiger partial charge < -0.3 is 10.1 Å². The van der Waals surface area contributed by atoms with Crippen LogP contribution in [0.5, 0.6) is 5.75 Å². The van der Waals surface area contributed by atoms with E-state index >= 15 is 0 Å². The molecule has 1 saturated carbocycles. The molecule has 0 amide bonds. The van der Waals surface area contributed by atoms with E-state index in [2.05, 4.69) is 5.32 Å². The Morgan fingerprint density at radius 2 is 2.17 bits per heavy atom. The number of halogens is 1. The predicted octanol–water partition coefficient (Wildman–Crippen LogP) is 2.50. The molecule has 3 rings (SSSR count). The lowest BCUT2D eigenvalue weighted by molar-refractivity contribution is 0.288. The van der Waals surface area contributed by atoms with Crippen molar-refractivity contribution in [1.82, 2.24) is 9.62 Å². The molecular weight excluding hydrogens is 336 g/mol. The van der Waals surface area contributed by atoms with Gasteiger partial charge in [-0.3, -0.25) is 0 Å². The van der Waals surface area contributed by atoms with E-state index < -0.39 is 10.0 Å². The monoisotopic (exact) mass is 358 g/mol. The van der Waals surface area contributed by atoms with Crippen LogP contribution in [0.2, 0.25) is 5.02 Å². The quantitative estimate of drug-likeness (QED) is 0.848. The molecule has 1 heterocycles. The highest BCUT2D eigenvalue weighted by molar-refractivity contribution is 7.89. The fourth-order valence-corrected chi connectivity index (χ4v) is 4.72. The molecule has 2 fully saturated rings. The van der Waals surface area contributed by atoms with E-state index in [9.17, 15) is 8.42 Å². The Hall–Kier alpha value is -0.820. The van der Waals surface area contributed by atoms with Gasteiger partial charge in [-0.25, -0.2) is 8.42 Å². The molecule has 0 radical (unpaired) electrons. The summed E-state index contributed by atoms with van der Waals surface area (Å²) >= 11 is 6.03. The summed E-state index contributed by atoms with van der Waals surface area (Å²) in [4.78, 5) is 0.176. The number of hydrogen-bond donors (Lipinski definition) is 1. The third kappa shape index (κ3) is 4.18. The summed E-state index contributed by atoms with van der Waals surface area (Å²) in [6, 6.07) is 4.97. The van der Waals surface area contributed by atoms with Crippen LogP contribution >= 0.6 is 11.6 Å². The summed E-state index contributed by atoms with van der Waals surface area (Å²) in [6.45, 7) is 4.09. The Kier molecular flexibility index (Phi) is 5.16. The van der Waals surface area contributed by atoms with Gasteiger partial charge in [0.1, 0.15) is 10.6 Å². The molecule has 1 saturated heterocycles. The zero-order valence-corrected chi connectivity index (χ0v) is 14.9. The van der Waals surface area contributed by atoms with Gasteiger partial charge in [0.15, 0.2) is 0 Å². The molecule has 0 spiro atoms. The second-order valence-corrected chi connectivity index (χ2v) is 8.73. The highest BCUT2D eigenvalue weighted by Gasteiger charge is 2.31. The Balaban J connectivity index is 1.81. The van der Waals surface area contributed by atoms with Crippen LogP contribution in [-0.4, -0.2) is 45.0 Å². The number of rotatable bonds is 6. The average molecular weight is 359 g/mol.